The van der Waals surface area contributed by atoms with Crippen LogP contribution in [0.2, 0.25) is 15.1 Å². The number of amides is 5. The molecule has 3 aromatic rings. The molecule has 0 aliphatic heterocycles. The van der Waals surface area contributed by atoms with Gasteiger partial charge in [-0.1, -0.05) is 119 Å². The minimum absolute atomic E-state index is 0.205. The standard InChI is InChI=1S/C55H84Cl3N9O11S3/c1-5-6-7-8-9-10-11-12-13-14-15-16-17-21-51(68)64-50(20-18-19-34-59)55(72)63-37-40-67(81(77,78)49-32-26-46(58)27-33-49)43(4)54(71)62-36-39-66(80(75,76)48-30-24-45(57)25-31-48)42(3)53(70)61-35-38-65(41(2)52(60)69)79(73,74)47-28-22-44(56)23-29-47/h22-33,41-43,50H,5-21,34-40,59H2,1-4H3,(H2,60,69)(H,61,70)(H,62,71)(H,63,72)(H,64,68)/t41-,42-,43-,50-/m0/s1. The van der Waals surface area contributed by atoms with Crippen LogP contribution in [0.25, 0.3) is 0 Å². The Morgan fingerprint density at radius 1 is 0.469 bits per heavy atom. The first-order chi connectivity index (χ1) is 38.4. The lowest BCUT2D eigenvalue weighted by Crippen LogP contribution is -2.54. The summed E-state index contributed by atoms with van der Waals surface area (Å²) in [5.74, 6) is -3.56. The Bertz CT molecular complexity index is 2780. The Kier molecular flexibility index (Phi) is 31.8. The third-order valence-corrected chi connectivity index (χ3v) is 20.4. The molecule has 0 fully saturated rings. The molecule has 0 spiro atoms. The number of nitrogens with one attached hydrogen (secondary N) is 4. The number of hydrogen-bond donors (Lipinski definition) is 6. The summed E-state index contributed by atoms with van der Waals surface area (Å²) in [5, 5.41) is 11.4. The number of carbonyl (C=O) groups is 5. The molecule has 8 N–H and O–H groups in total. The number of halogens is 3. The highest BCUT2D eigenvalue weighted by Gasteiger charge is 2.37. The Balaban J connectivity index is 1.74. The molecule has 3 rings (SSSR count). The molecule has 0 aliphatic carbocycles. The Morgan fingerprint density at radius 3 is 1.12 bits per heavy atom. The topological polar surface area (TPSA) is 298 Å². The van der Waals surface area contributed by atoms with Gasteiger partial charge in [0.2, 0.25) is 59.6 Å². The summed E-state index contributed by atoms with van der Waals surface area (Å²) in [5.41, 5.74) is 11.2. The van der Waals surface area contributed by atoms with E-state index in [0.717, 1.165) is 32.2 Å². The SMILES string of the molecule is CCCCCCCCCCCCCCCC(=O)N[C@@H](CCCCN)C(=O)NCCN([C@@H](C)C(=O)NCCN([C@@H](C)C(=O)NCCN([C@@H](C)C(N)=O)S(=O)(=O)c1ccc(Cl)cc1)S(=O)(=O)c1ccc(Cl)cc1)S(=O)(=O)c1ccc(Cl)cc1. The largest absolute Gasteiger partial charge is 0.368 e. The van der Waals surface area contributed by atoms with Crippen LogP contribution >= 0.6 is 34.8 Å². The Morgan fingerprint density at radius 2 is 0.790 bits per heavy atom. The number of unbranched alkanes of at least 4 members (excludes halogenated alkanes) is 13. The van der Waals surface area contributed by atoms with Crippen molar-refractivity contribution in [3.05, 3.63) is 87.9 Å². The average Bonchev–Trinajstić information content (AvgIpc) is 3.44. The smallest absolute Gasteiger partial charge is 0.243 e. The highest BCUT2D eigenvalue weighted by molar-refractivity contribution is 7.89. The van der Waals surface area contributed by atoms with E-state index in [0.29, 0.717) is 25.8 Å². The molecule has 4 atom stereocenters. The van der Waals surface area contributed by atoms with Gasteiger partial charge in [-0.25, -0.2) is 25.3 Å². The minimum atomic E-state index is -4.55. The summed E-state index contributed by atoms with van der Waals surface area (Å²) in [6.07, 6.45) is 16.7. The van der Waals surface area contributed by atoms with Crippen LogP contribution in [0.4, 0.5) is 0 Å². The molecule has 0 bridgehead atoms. The first-order valence-electron chi connectivity index (χ1n) is 27.8. The van der Waals surface area contributed by atoms with Crippen LogP contribution in [0.5, 0.6) is 0 Å². The van der Waals surface area contributed by atoms with E-state index >= 15 is 0 Å². The molecule has 454 valence electrons. The van der Waals surface area contributed by atoms with Gasteiger partial charge in [0.05, 0.1) is 14.7 Å². The summed E-state index contributed by atoms with van der Waals surface area (Å²) in [6.45, 7) is 3.89. The monoisotopic (exact) mass is 1250 g/mol. The summed E-state index contributed by atoms with van der Waals surface area (Å²) in [4.78, 5) is 66.2. The maximum absolute atomic E-state index is 14.3. The number of hydrogen-bond acceptors (Lipinski definition) is 12. The first-order valence-corrected chi connectivity index (χ1v) is 33.3. The van der Waals surface area contributed by atoms with E-state index in [1.165, 1.54) is 151 Å². The highest BCUT2D eigenvalue weighted by atomic mass is 35.5. The van der Waals surface area contributed by atoms with Gasteiger partial charge in [-0.05, 0) is 126 Å². The van der Waals surface area contributed by atoms with E-state index in [9.17, 15) is 49.2 Å². The summed E-state index contributed by atoms with van der Waals surface area (Å²) in [7, 11) is -13.4. The van der Waals surface area contributed by atoms with Gasteiger partial charge < -0.3 is 32.7 Å². The van der Waals surface area contributed by atoms with Crippen molar-refractivity contribution in [2.24, 2.45) is 11.5 Å². The van der Waals surface area contributed by atoms with Crippen LogP contribution in [0.15, 0.2) is 87.5 Å². The van der Waals surface area contributed by atoms with Crippen molar-refractivity contribution in [3.8, 4) is 0 Å². The number of nitrogens with zero attached hydrogens (tertiary/aromatic N) is 3. The fourth-order valence-electron chi connectivity index (χ4n) is 8.81. The Hall–Kier alpha value is -4.43. The van der Waals surface area contributed by atoms with Crippen LogP contribution in [-0.4, -0.2) is 138 Å². The molecule has 0 aliphatic rings. The lowest BCUT2D eigenvalue weighted by molar-refractivity contribution is -0.129. The fraction of sp³-hybridized carbons (Fsp3) is 0.582. The Labute approximate surface area is 495 Å². The van der Waals surface area contributed by atoms with Gasteiger partial charge in [0.25, 0.3) is 0 Å². The molecule has 20 nitrogen and oxygen atoms in total. The van der Waals surface area contributed by atoms with Crippen LogP contribution < -0.4 is 32.7 Å². The van der Waals surface area contributed by atoms with Crippen molar-refractivity contribution in [1.29, 1.82) is 0 Å². The number of primary amides is 1. The second-order valence-corrected chi connectivity index (χ2v) is 26.9. The molecule has 0 radical (unpaired) electrons. The van der Waals surface area contributed by atoms with Gasteiger partial charge in [0.1, 0.15) is 24.2 Å². The lowest BCUT2D eigenvalue weighted by atomic mass is 10.0. The van der Waals surface area contributed by atoms with E-state index in [-0.39, 0.29) is 55.0 Å². The third kappa shape index (κ3) is 23.6. The van der Waals surface area contributed by atoms with Crippen molar-refractivity contribution in [2.45, 2.75) is 176 Å². The van der Waals surface area contributed by atoms with E-state index in [1.807, 2.05) is 0 Å². The molecule has 0 saturated heterocycles. The van der Waals surface area contributed by atoms with Gasteiger partial charge in [0.15, 0.2) is 0 Å². The van der Waals surface area contributed by atoms with Crippen LogP contribution in [0.1, 0.15) is 137 Å². The number of carbonyl (C=O) groups excluding carboxylic acids is 5. The summed E-state index contributed by atoms with van der Waals surface area (Å²) < 4.78 is 86.8. The zero-order valence-electron chi connectivity index (χ0n) is 47.1. The van der Waals surface area contributed by atoms with E-state index < -0.39 is 111 Å². The van der Waals surface area contributed by atoms with Crippen molar-refractivity contribution < 1.29 is 49.2 Å². The minimum Gasteiger partial charge on any atom is -0.368 e. The molecular formula is C55H84Cl3N9O11S3. The quantitative estimate of drug-likeness (QED) is 0.0310. The predicted octanol–water partition coefficient (Wildman–Crippen LogP) is 7.11. The number of nitrogens with two attached hydrogens (primary N) is 2. The van der Waals surface area contributed by atoms with Gasteiger partial charge in [-0.3, -0.25) is 24.0 Å². The van der Waals surface area contributed by atoms with Gasteiger partial charge >= 0.3 is 0 Å². The maximum atomic E-state index is 14.3. The van der Waals surface area contributed by atoms with Crippen molar-refractivity contribution in [1.82, 2.24) is 34.2 Å². The molecule has 0 saturated carbocycles. The average molecular weight is 1250 g/mol. The normalized spacial score (nSPS) is 13.6. The van der Waals surface area contributed by atoms with Gasteiger partial charge in [0, 0.05) is 60.8 Å². The second-order valence-electron chi connectivity index (χ2n) is 19.9. The van der Waals surface area contributed by atoms with Crippen LogP contribution in [0, 0.1) is 0 Å². The summed E-state index contributed by atoms with van der Waals surface area (Å²) >= 11 is 18.1. The summed E-state index contributed by atoms with van der Waals surface area (Å²) in [6, 6.07) is 10.2. The second kappa shape index (κ2) is 36.3. The number of benzene rings is 3. The van der Waals surface area contributed by atoms with Crippen LogP contribution in [0.3, 0.4) is 0 Å². The lowest BCUT2D eigenvalue weighted by Gasteiger charge is -2.30. The van der Waals surface area contributed by atoms with Crippen molar-refractivity contribution >= 4 is 94.4 Å². The molecule has 5 amide bonds. The molecule has 81 heavy (non-hydrogen) atoms. The van der Waals surface area contributed by atoms with Gasteiger partial charge in [-0.15, -0.1) is 0 Å². The van der Waals surface area contributed by atoms with Crippen molar-refractivity contribution in [3.63, 3.8) is 0 Å². The molecule has 3 aromatic carbocycles. The van der Waals surface area contributed by atoms with E-state index in [4.69, 9.17) is 46.3 Å². The highest BCUT2D eigenvalue weighted by Crippen LogP contribution is 2.24. The molecule has 0 unspecified atom stereocenters. The third-order valence-electron chi connectivity index (χ3n) is 13.7. The predicted molar refractivity (Wildman–Crippen MR) is 318 cm³/mol. The van der Waals surface area contributed by atoms with Crippen molar-refractivity contribution in [2.75, 3.05) is 45.8 Å². The zero-order chi connectivity index (χ0) is 60.2. The fourth-order valence-corrected chi connectivity index (χ4v) is 14.0. The van der Waals surface area contributed by atoms with Gasteiger partial charge in [-0.2, -0.15) is 12.9 Å². The van der Waals surface area contributed by atoms with E-state index in [2.05, 4.69) is 28.2 Å². The van der Waals surface area contributed by atoms with E-state index in [1.54, 1.807) is 0 Å². The number of sulfonamides is 3. The molecule has 26 heteroatoms. The molecular weight excluding hydrogens is 1170 g/mol. The molecule has 0 aromatic heterocycles. The first kappa shape index (κ1) is 70.8. The molecule has 0 heterocycles. The maximum Gasteiger partial charge on any atom is 0.243 e. The zero-order valence-corrected chi connectivity index (χ0v) is 51.8. The number of rotatable bonds is 41. The van der Waals surface area contributed by atoms with Crippen LogP contribution in [-0.2, 0) is 54.0 Å².